The van der Waals surface area contributed by atoms with Gasteiger partial charge in [-0.2, -0.15) is 0 Å². The fourth-order valence-electron chi connectivity index (χ4n) is 3.57. The van der Waals surface area contributed by atoms with Gasteiger partial charge in [0.25, 0.3) is 0 Å². The second-order valence-electron chi connectivity index (χ2n) is 6.29. The van der Waals surface area contributed by atoms with Crippen LogP contribution in [0.2, 0.25) is 0 Å². The zero-order chi connectivity index (χ0) is 17.6. The van der Waals surface area contributed by atoms with Crippen LogP contribution >= 0.6 is 0 Å². The molecule has 0 N–H and O–H groups in total. The molecule has 0 bridgehead atoms. The monoisotopic (exact) mass is 342 g/mol. The second-order valence-corrected chi connectivity index (χ2v) is 6.29. The molecule has 25 heavy (non-hydrogen) atoms. The van der Waals surface area contributed by atoms with E-state index in [0.717, 1.165) is 36.6 Å². The van der Waals surface area contributed by atoms with Crippen LogP contribution in [0.1, 0.15) is 36.4 Å². The van der Waals surface area contributed by atoms with Crippen LogP contribution in [0.5, 0.6) is 17.2 Å². The SMILES string of the molecule is COc1cc(OC)c(OC)cc1CN1CCCCC1c1cccnc1. The number of methoxy groups -OCH3 is 3. The van der Waals surface area contributed by atoms with E-state index in [4.69, 9.17) is 14.2 Å². The molecule has 0 amide bonds. The van der Waals surface area contributed by atoms with Crippen LogP contribution in [0.25, 0.3) is 0 Å². The van der Waals surface area contributed by atoms with E-state index in [1.54, 1.807) is 21.3 Å². The average molecular weight is 342 g/mol. The highest BCUT2D eigenvalue weighted by atomic mass is 16.5. The van der Waals surface area contributed by atoms with Gasteiger partial charge in [0.1, 0.15) is 5.75 Å². The largest absolute Gasteiger partial charge is 0.496 e. The summed E-state index contributed by atoms with van der Waals surface area (Å²) in [7, 11) is 4.99. The molecule has 5 nitrogen and oxygen atoms in total. The van der Waals surface area contributed by atoms with Crippen molar-refractivity contribution in [1.29, 1.82) is 0 Å². The first-order valence-electron chi connectivity index (χ1n) is 8.69. The molecule has 0 aliphatic carbocycles. The molecule has 1 atom stereocenters. The number of benzene rings is 1. The Morgan fingerprint density at radius 1 is 1.04 bits per heavy atom. The Balaban J connectivity index is 1.89. The van der Waals surface area contributed by atoms with Crippen molar-refractivity contribution in [2.75, 3.05) is 27.9 Å². The minimum Gasteiger partial charge on any atom is -0.496 e. The second kappa shape index (κ2) is 8.21. The summed E-state index contributed by atoms with van der Waals surface area (Å²) in [5.74, 6) is 2.24. The van der Waals surface area contributed by atoms with E-state index in [0.29, 0.717) is 11.8 Å². The summed E-state index contributed by atoms with van der Waals surface area (Å²) in [6.07, 6.45) is 7.43. The lowest BCUT2D eigenvalue weighted by atomic mass is 9.95. The van der Waals surface area contributed by atoms with Crippen molar-refractivity contribution in [3.8, 4) is 17.2 Å². The van der Waals surface area contributed by atoms with Crippen LogP contribution < -0.4 is 14.2 Å². The molecule has 1 aromatic carbocycles. The molecule has 0 spiro atoms. The van der Waals surface area contributed by atoms with E-state index < -0.39 is 0 Å². The third-order valence-corrected chi connectivity index (χ3v) is 4.84. The van der Waals surface area contributed by atoms with Gasteiger partial charge in [-0.1, -0.05) is 12.5 Å². The maximum absolute atomic E-state index is 5.60. The molecule has 1 saturated heterocycles. The van der Waals surface area contributed by atoms with Crippen LogP contribution in [0.3, 0.4) is 0 Å². The highest BCUT2D eigenvalue weighted by Crippen LogP contribution is 2.38. The smallest absolute Gasteiger partial charge is 0.164 e. The molecular formula is C20H26N2O3. The van der Waals surface area contributed by atoms with Crippen molar-refractivity contribution in [3.05, 3.63) is 47.8 Å². The zero-order valence-corrected chi connectivity index (χ0v) is 15.2. The first-order chi connectivity index (χ1) is 12.3. The zero-order valence-electron chi connectivity index (χ0n) is 15.2. The van der Waals surface area contributed by atoms with Crippen molar-refractivity contribution >= 4 is 0 Å². The number of hydrogen-bond acceptors (Lipinski definition) is 5. The van der Waals surface area contributed by atoms with Crippen LogP contribution in [0.4, 0.5) is 0 Å². The molecule has 2 aromatic rings. The number of rotatable bonds is 6. The summed E-state index contributed by atoms with van der Waals surface area (Å²) < 4.78 is 16.5. The van der Waals surface area contributed by atoms with Gasteiger partial charge in [0, 0.05) is 36.6 Å². The van der Waals surface area contributed by atoms with Crippen molar-refractivity contribution in [2.24, 2.45) is 0 Å². The van der Waals surface area contributed by atoms with Gasteiger partial charge < -0.3 is 14.2 Å². The first kappa shape index (κ1) is 17.5. The number of aromatic nitrogens is 1. The standard InChI is InChI=1S/C20H26N2O3/c1-23-18-12-20(25-3)19(24-2)11-16(18)14-22-10-5-4-8-17(22)15-7-6-9-21-13-15/h6-7,9,11-13,17H,4-5,8,10,14H2,1-3H3. The average Bonchev–Trinajstić information content (AvgIpc) is 2.68. The topological polar surface area (TPSA) is 43.8 Å². The van der Waals surface area contributed by atoms with Gasteiger partial charge >= 0.3 is 0 Å². The van der Waals surface area contributed by atoms with Crippen molar-refractivity contribution in [2.45, 2.75) is 31.8 Å². The van der Waals surface area contributed by atoms with Gasteiger partial charge in [-0.25, -0.2) is 0 Å². The molecule has 2 heterocycles. The number of piperidine rings is 1. The Morgan fingerprint density at radius 2 is 1.80 bits per heavy atom. The molecule has 1 aliphatic rings. The predicted octanol–water partition coefficient (Wildman–Crippen LogP) is 3.83. The molecule has 3 rings (SSSR count). The van der Waals surface area contributed by atoms with Crippen LogP contribution in [-0.4, -0.2) is 37.8 Å². The van der Waals surface area contributed by atoms with Gasteiger partial charge in [-0.3, -0.25) is 9.88 Å². The molecule has 1 aromatic heterocycles. The van der Waals surface area contributed by atoms with Crippen LogP contribution in [-0.2, 0) is 6.54 Å². The highest BCUT2D eigenvalue weighted by Gasteiger charge is 2.25. The van der Waals surface area contributed by atoms with E-state index in [9.17, 15) is 0 Å². The minimum absolute atomic E-state index is 0.389. The van der Waals surface area contributed by atoms with Gasteiger partial charge in [0.15, 0.2) is 11.5 Å². The highest BCUT2D eigenvalue weighted by molar-refractivity contribution is 5.50. The molecule has 0 saturated carbocycles. The minimum atomic E-state index is 0.389. The summed E-state index contributed by atoms with van der Waals surface area (Å²) in [4.78, 5) is 6.80. The van der Waals surface area contributed by atoms with Gasteiger partial charge in [-0.15, -0.1) is 0 Å². The maximum atomic E-state index is 5.60. The molecule has 1 fully saturated rings. The first-order valence-corrected chi connectivity index (χ1v) is 8.69. The number of nitrogens with zero attached hydrogens (tertiary/aromatic N) is 2. The molecule has 1 aliphatic heterocycles. The third-order valence-electron chi connectivity index (χ3n) is 4.84. The number of pyridine rings is 1. The summed E-state index contributed by atoms with van der Waals surface area (Å²) in [5.41, 5.74) is 2.39. The van der Waals surface area contributed by atoms with Crippen molar-refractivity contribution in [3.63, 3.8) is 0 Å². The van der Waals surface area contributed by atoms with Gasteiger partial charge in [-0.05, 0) is 37.1 Å². The summed E-state index contributed by atoms with van der Waals surface area (Å²) in [5, 5.41) is 0. The fraction of sp³-hybridized carbons (Fsp3) is 0.450. The Hall–Kier alpha value is -2.27. The molecule has 0 radical (unpaired) electrons. The Morgan fingerprint density at radius 3 is 2.48 bits per heavy atom. The quantitative estimate of drug-likeness (QED) is 0.798. The Kier molecular flexibility index (Phi) is 5.76. The van der Waals surface area contributed by atoms with Crippen LogP contribution in [0.15, 0.2) is 36.7 Å². The lowest BCUT2D eigenvalue weighted by Crippen LogP contribution is -2.33. The molecular weight excluding hydrogens is 316 g/mol. The van der Waals surface area contributed by atoms with E-state index in [1.165, 1.54) is 18.4 Å². The lowest BCUT2D eigenvalue weighted by molar-refractivity contribution is 0.138. The normalized spacial score (nSPS) is 18.0. The van der Waals surface area contributed by atoms with Gasteiger partial charge in [0.2, 0.25) is 0 Å². The lowest BCUT2D eigenvalue weighted by Gasteiger charge is -2.36. The molecule has 134 valence electrons. The van der Waals surface area contributed by atoms with Crippen molar-refractivity contribution in [1.82, 2.24) is 9.88 Å². The van der Waals surface area contributed by atoms with Crippen LogP contribution in [0, 0.1) is 0 Å². The summed E-state index contributed by atoms with van der Waals surface area (Å²) >= 11 is 0. The predicted molar refractivity (Wildman–Crippen MR) is 97.3 cm³/mol. The Bertz CT molecular complexity index is 691. The third kappa shape index (κ3) is 3.87. The van der Waals surface area contributed by atoms with E-state index in [-0.39, 0.29) is 0 Å². The summed E-state index contributed by atoms with van der Waals surface area (Å²) in [6, 6.07) is 8.49. The maximum Gasteiger partial charge on any atom is 0.164 e. The fourth-order valence-corrected chi connectivity index (χ4v) is 3.57. The van der Waals surface area contributed by atoms with Crippen molar-refractivity contribution < 1.29 is 14.2 Å². The van der Waals surface area contributed by atoms with E-state index in [1.807, 2.05) is 30.6 Å². The molecule has 5 heteroatoms. The van der Waals surface area contributed by atoms with Gasteiger partial charge in [0.05, 0.1) is 21.3 Å². The van der Waals surface area contributed by atoms with E-state index >= 15 is 0 Å². The molecule has 1 unspecified atom stereocenters. The summed E-state index contributed by atoms with van der Waals surface area (Å²) in [6.45, 7) is 1.88. The van der Waals surface area contributed by atoms with E-state index in [2.05, 4.69) is 16.0 Å². The number of hydrogen-bond donors (Lipinski definition) is 0. The number of ether oxygens (including phenoxy) is 3. The Labute approximate surface area is 149 Å². The number of likely N-dealkylation sites (tertiary alicyclic amines) is 1.